The van der Waals surface area contributed by atoms with Crippen LogP contribution in [-0.2, 0) is 10.0 Å². The number of hydrogen-bond donors (Lipinski definition) is 0. The van der Waals surface area contributed by atoms with Gasteiger partial charge in [0.1, 0.15) is 0 Å². The summed E-state index contributed by atoms with van der Waals surface area (Å²) in [5.41, 5.74) is 2.61. The van der Waals surface area contributed by atoms with Crippen molar-refractivity contribution in [3.05, 3.63) is 65.7 Å². The minimum atomic E-state index is -3.54. The molecule has 20 heavy (non-hydrogen) atoms. The lowest BCUT2D eigenvalue weighted by Gasteiger charge is -2.27. The van der Waals surface area contributed by atoms with Crippen LogP contribution in [-0.4, -0.2) is 15.0 Å². The molecular formula is C16H14NO2S. The Morgan fingerprint density at radius 3 is 2.50 bits per heavy atom. The lowest BCUT2D eigenvalue weighted by Crippen LogP contribution is -2.33. The molecule has 1 heterocycles. The van der Waals surface area contributed by atoms with E-state index in [0.717, 1.165) is 11.1 Å². The van der Waals surface area contributed by atoms with E-state index in [4.69, 9.17) is 0 Å². The molecular weight excluding hydrogens is 270 g/mol. The Morgan fingerprint density at radius 2 is 1.75 bits per heavy atom. The fourth-order valence-corrected chi connectivity index (χ4v) is 3.62. The van der Waals surface area contributed by atoms with E-state index >= 15 is 0 Å². The molecule has 0 amide bonds. The molecule has 2 aromatic rings. The van der Waals surface area contributed by atoms with Crippen molar-refractivity contribution in [2.75, 3.05) is 10.8 Å². The predicted molar refractivity (Wildman–Crippen MR) is 79.9 cm³/mol. The van der Waals surface area contributed by atoms with E-state index in [-0.39, 0.29) is 6.54 Å². The maximum Gasteiger partial charge on any atom is 0.264 e. The molecule has 0 unspecified atom stereocenters. The molecule has 0 saturated heterocycles. The first-order chi connectivity index (χ1) is 9.59. The Kier molecular flexibility index (Phi) is 3.10. The SMILES string of the molecule is Cc1ccc(S(=O)(=O)N2C[C]=Cc3ccccc32)cc1. The van der Waals surface area contributed by atoms with E-state index in [2.05, 4.69) is 6.08 Å². The maximum atomic E-state index is 12.7. The van der Waals surface area contributed by atoms with Gasteiger partial charge in [0.05, 0.1) is 17.1 Å². The van der Waals surface area contributed by atoms with Crippen LogP contribution in [0.15, 0.2) is 53.4 Å². The summed E-state index contributed by atoms with van der Waals surface area (Å²) in [6.07, 6.45) is 4.83. The van der Waals surface area contributed by atoms with Gasteiger partial charge in [-0.2, -0.15) is 0 Å². The van der Waals surface area contributed by atoms with Gasteiger partial charge in [-0.25, -0.2) is 8.42 Å². The van der Waals surface area contributed by atoms with Crippen molar-refractivity contribution < 1.29 is 8.42 Å². The zero-order valence-corrected chi connectivity index (χ0v) is 11.9. The monoisotopic (exact) mass is 284 g/mol. The number of hydrogen-bond acceptors (Lipinski definition) is 2. The van der Waals surface area contributed by atoms with E-state index < -0.39 is 10.0 Å². The second-order valence-corrected chi connectivity index (χ2v) is 6.59. The van der Waals surface area contributed by atoms with Gasteiger partial charge in [-0.05, 0) is 42.8 Å². The molecule has 1 radical (unpaired) electrons. The Hall–Kier alpha value is -2.07. The molecule has 101 valence electrons. The molecule has 1 aliphatic rings. The Labute approximate surface area is 119 Å². The maximum absolute atomic E-state index is 12.7. The lowest BCUT2D eigenvalue weighted by atomic mass is 10.1. The van der Waals surface area contributed by atoms with E-state index in [1.807, 2.05) is 49.4 Å². The summed E-state index contributed by atoms with van der Waals surface area (Å²) < 4.78 is 26.9. The van der Waals surface area contributed by atoms with Gasteiger partial charge in [0.15, 0.2) is 0 Å². The average molecular weight is 284 g/mol. The zero-order chi connectivity index (χ0) is 14.2. The van der Waals surface area contributed by atoms with Gasteiger partial charge in [0, 0.05) is 0 Å². The molecule has 0 N–H and O–H groups in total. The van der Waals surface area contributed by atoms with Gasteiger partial charge < -0.3 is 0 Å². The summed E-state index contributed by atoms with van der Waals surface area (Å²) in [5.74, 6) is 0. The standard InChI is InChI=1S/C16H14NO2S/c1-13-8-10-15(11-9-13)20(18,19)17-12-4-6-14-5-2-3-7-16(14)17/h2-3,5-11H,12H2,1H3. The first-order valence-electron chi connectivity index (χ1n) is 6.34. The van der Waals surface area contributed by atoms with Crippen LogP contribution >= 0.6 is 0 Å². The first-order valence-corrected chi connectivity index (χ1v) is 7.78. The Morgan fingerprint density at radius 1 is 1.05 bits per heavy atom. The van der Waals surface area contributed by atoms with Crippen LogP contribution in [0.25, 0.3) is 6.08 Å². The van der Waals surface area contributed by atoms with Crippen LogP contribution in [0.4, 0.5) is 5.69 Å². The molecule has 2 aromatic carbocycles. The van der Waals surface area contributed by atoms with E-state index in [1.54, 1.807) is 12.1 Å². The number of para-hydroxylation sites is 1. The first kappa shape index (κ1) is 12.9. The van der Waals surface area contributed by atoms with Crippen molar-refractivity contribution in [3.63, 3.8) is 0 Å². The number of fused-ring (bicyclic) bond motifs is 1. The number of anilines is 1. The smallest absolute Gasteiger partial charge is 0.261 e. The summed E-state index contributed by atoms with van der Waals surface area (Å²) in [6, 6.07) is 14.3. The highest BCUT2D eigenvalue weighted by atomic mass is 32.2. The number of aryl methyl sites for hydroxylation is 1. The molecule has 0 atom stereocenters. The number of nitrogens with zero attached hydrogens (tertiary/aromatic N) is 1. The molecule has 3 nitrogen and oxygen atoms in total. The van der Waals surface area contributed by atoms with Gasteiger partial charge >= 0.3 is 0 Å². The fourth-order valence-electron chi connectivity index (χ4n) is 2.21. The molecule has 4 heteroatoms. The van der Waals surface area contributed by atoms with Crippen molar-refractivity contribution in [2.45, 2.75) is 11.8 Å². The molecule has 3 rings (SSSR count). The molecule has 0 bridgehead atoms. The fraction of sp³-hybridized carbons (Fsp3) is 0.125. The zero-order valence-electron chi connectivity index (χ0n) is 11.1. The summed E-state index contributed by atoms with van der Waals surface area (Å²) in [7, 11) is -3.54. The van der Waals surface area contributed by atoms with Crippen molar-refractivity contribution in [3.8, 4) is 0 Å². The highest BCUT2D eigenvalue weighted by molar-refractivity contribution is 7.92. The third-order valence-electron chi connectivity index (χ3n) is 3.31. The van der Waals surface area contributed by atoms with Crippen molar-refractivity contribution in [1.82, 2.24) is 0 Å². The second-order valence-electron chi connectivity index (χ2n) is 4.73. The molecule has 0 aliphatic carbocycles. The lowest BCUT2D eigenvalue weighted by molar-refractivity contribution is 0.592. The average Bonchev–Trinajstić information content (AvgIpc) is 2.47. The number of rotatable bonds is 2. The van der Waals surface area contributed by atoms with Crippen molar-refractivity contribution in [2.24, 2.45) is 0 Å². The van der Waals surface area contributed by atoms with Crippen molar-refractivity contribution >= 4 is 21.8 Å². The molecule has 0 aromatic heterocycles. The van der Waals surface area contributed by atoms with E-state index in [1.165, 1.54) is 4.31 Å². The number of sulfonamides is 1. The molecule has 0 saturated carbocycles. The Balaban J connectivity index is 2.09. The van der Waals surface area contributed by atoms with Crippen molar-refractivity contribution in [1.29, 1.82) is 0 Å². The topological polar surface area (TPSA) is 37.4 Å². The van der Waals surface area contributed by atoms with E-state index in [0.29, 0.717) is 10.6 Å². The molecule has 0 spiro atoms. The minimum Gasteiger partial charge on any atom is -0.261 e. The van der Waals surface area contributed by atoms with E-state index in [9.17, 15) is 8.42 Å². The van der Waals surface area contributed by atoms with Crippen LogP contribution < -0.4 is 4.31 Å². The highest BCUT2D eigenvalue weighted by Gasteiger charge is 2.26. The van der Waals surface area contributed by atoms with Gasteiger partial charge in [-0.15, -0.1) is 0 Å². The third kappa shape index (κ3) is 2.12. The largest absolute Gasteiger partial charge is 0.264 e. The van der Waals surface area contributed by atoms with Crippen LogP contribution in [0.3, 0.4) is 0 Å². The Bertz CT molecular complexity index is 761. The normalized spacial score (nSPS) is 14.2. The van der Waals surface area contributed by atoms with Crippen LogP contribution in [0.5, 0.6) is 0 Å². The van der Waals surface area contributed by atoms with Gasteiger partial charge in [-0.3, -0.25) is 4.31 Å². The predicted octanol–water partition coefficient (Wildman–Crippen LogP) is 3.02. The van der Waals surface area contributed by atoms with Crippen LogP contribution in [0.1, 0.15) is 11.1 Å². The quantitative estimate of drug-likeness (QED) is 0.850. The summed E-state index contributed by atoms with van der Waals surface area (Å²) in [5, 5.41) is 0. The molecule has 1 aliphatic heterocycles. The summed E-state index contributed by atoms with van der Waals surface area (Å²) >= 11 is 0. The van der Waals surface area contributed by atoms with Crippen LogP contribution in [0.2, 0.25) is 0 Å². The van der Waals surface area contributed by atoms with Gasteiger partial charge in [-0.1, -0.05) is 35.9 Å². The molecule has 0 fully saturated rings. The number of benzene rings is 2. The summed E-state index contributed by atoms with van der Waals surface area (Å²) in [6.45, 7) is 2.18. The van der Waals surface area contributed by atoms with Crippen LogP contribution in [0, 0.1) is 13.0 Å². The third-order valence-corrected chi connectivity index (χ3v) is 5.08. The highest BCUT2D eigenvalue weighted by Crippen LogP contribution is 2.30. The summed E-state index contributed by atoms with van der Waals surface area (Å²) in [4.78, 5) is 0.307. The minimum absolute atomic E-state index is 0.243. The van der Waals surface area contributed by atoms with Gasteiger partial charge in [0.25, 0.3) is 10.0 Å². The van der Waals surface area contributed by atoms with Gasteiger partial charge in [0.2, 0.25) is 0 Å². The second kappa shape index (κ2) is 4.80.